The Balaban J connectivity index is 1.76. The predicted octanol–water partition coefficient (Wildman–Crippen LogP) is 6.69. The number of aromatic nitrogens is 1. The summed E-state index contributed by atoms with van der Waals surface area (Å²) < 4.78 is 10.8. The first-order valence-electron chi connectivity index (χ1n) is 12.7. The number of amides is 1. The second-order valence-corrected chi connectivity index (χ2v) is 10.8. The number of carbonyl (C=O) groups excluding carboxylic acids is 1. The highest BCUT2D eigenvalue weighted by atomic mass is 16.5. The van der Waals surface area contributed by atoms with Crippen LogP contribution in [0.25, 0.3) is 21.9 Å². The zero-order chi connectivity index (χ0) is 27.4. The predicted molar refractivity (Wildman–Crippen MR) is 153 cm³/mol. The van der Waals surface area contributed by atoms with Crippen LogP contribution < -0.4 is 14.4 Å². The molecule has 0 atom stereocenters. The van der Waals surface area contributed by atoms with Gasteiger partial charge in [-0.25, -0.2) is 4.98 Å². The molecule has 0 aliphatic heterocycles. The topological polar surface area (TPSA) is 71.9 Å². The van der Waals surface area contributed by atoms with E-state index in [2.05, 4.69) is 31.8 Å². The minimum atomic E-state index is -0.195. The van der Waals surface area contributed by atoms with Gasteiger partial charge in [-0.2, -0.15) is 0 Å². The fraction of sp³-hybridized carbons (Fsp3) is 0.312. The number of methoxy groups -OCH3 is 2. The molecule has 0 radical (unpaired) electrons. The number of hydrogen-bond acceptors (Lipinski definition) is 5. The summed E-state index contributed by atoms with van der Waals surface area (Å²) in [6.45, 7) is 8.32. The first-order valence-corrected chi connectivity index (χ1v) is 12.7. The van der Waals surface area contributed by atoms with E-state index >= 15 is 0 Å². The Hall–Kier alpha value is -3.90. The summed E-state index contributed by atoms with van der Waals surface area (Å²) in [5, 5.41) is 12.1. The fourth-order valence-electron chi connectivity index (χ4n) is 4.65. The molecule has 0 saturated carbocycles. The highest BCUT2D eigenvalue weighted by Crippen LogP contribution is 2.33. The van der Waals surface area contributed by atoms with Crippen molar-refractivity contribution in [3.05, 3.63) is 83.6 Å². The molecule has 1 amide bonds. The van der Waals surface area contributed by atoms with Gasteiger partial charge in [-0.15, -0.1) is 0 Å². The lowest BCUT2D eigenvalue weighted by atomic mass is 9.91. The van der Waals surface area contributed by atoms with Crippen molar-refractivity contribution >= 4 is 22.5 Å². The van der Waals surface area contributed by atoms with Gasteiger partial charge < -0.3 is 14.6 Å². The van der Waals surface area contributed by atoms with Gasteiger partial charge in [0.2, 0.25) is 5.91 Å². The summed E-state index contributed by atoms with van der Waals surface area (Å²) >= 11 is 0. The molecule has 0 aliphatic carbocycles. The van der Waals surface area contributed by atoms with Gasteiger partial charge >= 0.3 is 0 Å². The molecule has 0 spiro atoms. The summed E-state index contributed by atoms with van der Waals surface area (Å²) in [7, 11) is 3.30. The summed E-state index contributed by atoms with van der Waals surface area (Å²) in [6.07, 6.45) is 2.08. The molecule has 0 aliphatic rings. The maximum Gasteiger partial charge on any atom is 0.229 e. The maximum atomic E-state index is 13.7. The molecule has 4 aromatic rings. The Kier molecular flexibility index (Phi) is 8.02. The highest BCUT2D eigenvalue weighted by Gasteiger charge is 2.25. The van der Waals surface area contributed by atoms with E-state index in [0.29, 0.717) is 18.8 Å². The molecule has 38 heavy (non-hydrogen) atoms. The number of aliphatic hydroxyl groups is 1. The zero-order valence-electron chi connectivity index (χ0n) is 23.0. The Bertz CT molecular complexity index is 1460. The number of anilines is 1. The van der Waals surface area contributed by atoms with E-state index in [4.69, 9.17) is 9.47 Å². The first-order chi connectivity index (χ1) is 18.1. The lowest BCUT2D eigenvalue weighted by molar-refractivity contribution is -0.120. The number of pyridine rings is 1. The van der Waals surface area contributed by atoms with Crippen molar-refractivity contribution in [3.8, 4) is 22.6 Å². The Morgan fingerprint density at radius 3 is 2.32 bits per heavy atom. The SMILES string of the molecule is COc1ccc2c(N(Cc3ccc(-c4ccc(OC)c(C)c4)cc3CO)C(=O)CC(C)(C)C)nccc2c1. The smallest absolute Gasteiger partial charge is 0.229 e. The van der Waals surface area contributed by atoms with Gasteiger partial charge in [0.1, 0.15) is 17.3 Å². The van der Waals surface area contributed by atoms with Crippen molar-refractivity contribution in [2.75, 3.05) is 19.1 Å². The highest BCUT2D eigenvalue weighted by molar-refractivity contribution is 6.02. The van der Waals surface area contributed by atoms with E-state index in [1.54, 1.807) is 25.3 Å². The van der Waals surface area contributed by atoms with E-state index in [0.717, 1.165) is 50.1 Å². The molecule has 4 rings (SSSR count). The lowest BCUT2D eigenvalue weighted by Crippen LogP contribution is -2.34. The lowest BCUT2D eigenvalue weighted by Gasteiger charge is -2.28. The third-order valence-corrected chi connectivity index (χ3v) is 6.62. The molecule has 6 heteroatoms. The third kappa shape index (κ3) is 5.97. The van der Waals surface area contributed by atoms with Crippen molar-refractivity contribution in [1.82, 2.24) is 4.98 Å². The maximum absolute atomic E-state index is 13.7. The average Bonchev–Trinajstić information content (AvgIpc) is 2.90. The number of benzene rings is 3. The molecule has 1 N–H and O–H groups in total. The van der Waals surface area contributed by atoms with E-state index < -0.39 is 0 Å². The van der Waals surface area contributed by atoms with Crippen molar-refractivity contribution in [2.45, 2.75) is 47.3 Å². The molecular formula is C32H36N2O4. The Labute approximate surface area is 224 Å². The van der Waals surface area contributed by atoms with Crippen molar-refractivity contribution < 1.29 is 19.4 Å². The first kappa shape index (κ1) is 27.1. The number of carbonyl (C=O) groups is 1. The van der Waals surface area contributed by atoms with E-state index in [-0.39, 0.29) is 17.9 Å². The van der Waals surface area contributed by atoms with Crippen LogP contribution in [0.3, 0.4) is 0 Å². The molecule has 0 fully saturated rings. The summed E-state index contributed by atoms with van der Waals surface area (Å²) in [6, 6.07) is 19.7. The van der Waals surface area contributed by atoms with Crippen LogP contribution in [0.15, 0.2) is 66.9 Å². The Morgan fingerprint density at radius 2 is 1.66 bits per heavy atom. The van der Waals surface area contributed by atoms with Crippen LogP contribution in [-0.2, 0) is 17.9 Å². The molecular weight excluding hydrogens is 476 g/mol. The van der Waals surface area contributed by atoms with E-state index in [1.807, 2.05) is 61.5 Å². The molecule has 6 nitrogen and oxygen atoms in total. The number of aryl methyl sites for hydroxylation is 1. The summed E-state index contributed by atoms with van der Waals surface area (Å²) in [5.41, 5.74) is 4.51. The standard InChI is InChI=1S/C32H36N2O4/c1-21-15-22(9-12-29(21)38-6)23-7-8-25(26(16-23)20-35)19-34(30(36)18-32(2,3)4)31-28-11-10-27(37-5)17-24(28)13-14-33-31/h7-17,35H,18-20H2,1-6H3. The second-order valence-electron chi connectivity index (χ2n) is 10.8. The number of aliphatic hydroxyl groups excluding tert-OH is 1. The zero-order valence-corrected chi connectivity index (χ0v) is 23.0. The molecule has 1 heterocycles. The number of fused-ring (bicyclic) bond motifs is 1. The largest absolute Gasteiger partial charge is 0.497 e. The number of rotatable bonds is 8. The normalized spacial score (nSPS) is 11.4. The van der Waals surface area contributed by atoms with Gasteiger partial charge in [0.25, 0.3) is 0 Å². The van der Waals surface area contributed by atoms with Gasteiger partial charge in [-0.1, -0.05) is 39.0 Å². The quantitative estimate of drug-likeness (QED) is 0.285. The molecule has 0 saturated heterocycles. The third-order valence-electron chi connectivity index (χ3n) is 6.62. The molecule has 3 aromatic carbocycles. The van der Waals surface area contributed by atoms with Crippen molar-refractivity contribution in [1.29, 1.82) is 0 Å². The van der Waals surface area contributed by atoms with Crippen LogP contribution in [0, 0.1) is 12.3 Å². The average molecular weight is 513 g/mol. The second kappa shape index (κ2) is 11.2. The van der Waals surface area contributed by atoms with Gasteiger partial charge in [0, 0.05) is 18.0 Å². The van der Waals surface area contributed by atoms with Crippen LogP contribution in [0.1, 0.15) is 43.9 Å². The van der Waals surface area contributed by atoms with Crippen LogP contribution in [0.2, 0.25) is 0 Å². The van der Waals surface area contributed by atoms with Gasteiger partial charge in [0.15, 0.2) is 0 Å². The number of nitrogens with zero attached hydrogens (tertiary/aromatic N) is 2. The number of ether oxygens (including phenoxy) is 2. The molecule has 198 valence electrons. The Morgan fingerprint density at radius 1 is 0.921 bits per heavy atom. The minimum absolute atomic E-state index is 0.0212. The van der Waals surface area contributed by atoms with Crippen LogP contribution in [0.4, 0.5) is 5.82 Å². The molecule has 1 aromatic heterocycles. The van der Waals surface area contributed by atoms with Crippen molar-refractivity contribution in [3.63, 3.8) is 0 Å². The minimum Gasteiger partial charge on any atom is -0.497 e. The summed E-state index contributed by atoms with van der Waals surface area (Å²) in [5.74, 6) is 2.15. The monoisotopic (exact) mass is 512 g/mol. The fourth-order valence-corrected chi connectivity index (χ4v) is 4.65. The molecule has 0 unspecified atom stereocenters. The van der Waals surface area contributed by atoms with E-state index in [1.165, 1.54) is 0 Å². The van der Waals surface area contributed by atoms with Crippen LogP contribution >= 0.6 is 0 Å². The molecule has 0 bridgehead atoms. The van der Waals surface area contributed by atoms with Gasteiger partial charge in [0.05, 0.1) is 27.4 Å². The number of hydrogen-bond donors (Lipinski definition) is 1. The van der Waals surface area contributed by atoms with Gasteiger partial charge in [-0.3, -0.25) is 9.69 Å². The van der Waals surface area contributed by atoms with Crippen molar-refractivity contribution in [2.24, 2.45) is 5.41 Å². The van der Waals surface area contributed by atoms with E-state index in [9.17, 15) is 9.90 Å². The van der Waals surface area contributed by atoms with Gasteiger partial charge in [-0.05, 0) is 88.0 Å². The summed E-state index contributed by atoms with van der Waals surface area (Å²) in [4.78, 5) is 20.1. The van der Waals surface area contributed by atoms with Crippen LogP contribution in [0.5, 0.6) is 11.5 Å². The van der Waals surface area contributed by atoms with Crippen LogP contribution in [-0.4, -0.2) is 30.2 Å².